The Morgan fingerprint density at radius 1 is 1.41 bits per heavy atom. The Balaban J connectivity index is 1.73. The highest BCUT2D eigenvalue weighted by atomic mass is 16.5. The summed E-state index contributed by atoms with van der Waals surface area (Å²) in [5.74, 6) is 1.24. The number of hydrogen-bond donors (Lipinski definition) is 0. The zero-order valence-electron chi connectivity index (χ0n) is 13.7. The highest BCUT2D eigenvalue weighted by Gasteiger charge is 2.60. The summed E-state index contributed by atoms with van der Waals surface area (Å²) in [4.78, 5) is 15.0. The lowest BCUT2D eigenvalue weighted by atomic mass is 9.52. The lowest BCUT2D eigenvalue weighted by Gasteiger charge is -2.64. The SMILES string of the molecule is CCOC(=O)C1C[C@H]2C3Cc4ccccc4[C@H]2CC1(C)N3C. The number of likely N-dealkylation sites (N-methyl/N-ethyl adjacent to an activating group) is 1. The van der Waals surface area contributed by atoms with Gasteiger partial charge in [-0.3, -0.25) is 9.69 Å². The van der Waals surface area contributed by atoms with Gasteiger partial charge in [0.15, 0.2) is 0 Å². The van der Waals surface area contributed by atoms with Gasteiger partial charge in [-0.1, -0.05) is 24.3 Å². The van der Waals surface area contributed by atoms with E-state index in [9.17, 15) is 4.79 Å². The molecule has 2 saturated heterocycles. The summed E-state index contributed by atoms with van der Waals surface area (Å²) in [5, 5.41) is 0. The fourth-order valence-corrected chi connectivity index (χ4v) is 5.44. The first-order chi connectivity index (χ1) is 10.6. The molecular formula is C19H25NO2. The number of hydrogen-bond acceptors (Lipinski definition) is 3. The maximum Gasteiger partial charge on any atom is 0.310 e. The van der Waals surface area contributed by atoms with Crippen molar-refractivity contribution in [2.45, 2.75) is 50.6 Å². The number of piperidine rings is 2. The van der Waals surface area contributed by atoms with Crippen LogP contribution in [-0.2, 0) is 16.0 Å². The Labute approximate surface area is 132 Å². The van der Waals surface area contributed by atoms with Gasteiger partial charge in [0, 0.05) is 11.6 Å². The van der Waals surface area contributed by atoms with E-state index in [1.807, 2.05) is 6.92 Å². The van der Waals surface area contributed by atoms with E-state index in [1.165, 1.54) is 11.1 Å². The summed E-state index contributed by atoms with van der Waals surface area (Å²) in [6, 6.07) is 9.48. The minimum atomic E-state index is -0.0656. The van der Waals surface area contributed by atoms with E-state index in [0.29, 0.717) is 24.5 Å². The van der Waals surface area contributed by atoms with Crippen LogP contribution in [0.3, 0.4) is 0 Å². The number of carbonyl (C=O) groups excluding carboxylic acids is 1. The van der Waals surface area contributed by atoms with E-state index < -0.39 is 0 Å². The van der Waals surface area contributed by atoms with Crippen LogP contribution < -0.4 is 0 Å². The van der Waals surface area contributed by atoms with E-state index in [2.05, 4.69) is 43.1 Å². The molecule has 5 rings (SSSR count). The van der Waals surface area contributed by atoms with Crippen LogP contribution in [-0.4, -0.2) is 36.1 Å². The molecule has 5 atom stereocenters. The van der Waals surface area contributed by atoms with Crippen molar-refractivity contribution in [3.8, 4) is 0 Å². The van der Waals surface area contributed by atoms with Crippen LogP contribution in [0.4, 0.5) is 0 Å². The van der Waals surface area contributed by atoms with E-state index in [1.54, 1.807) is 0 Å². The van der Waals surface area contributed by atoms with Crippen molar-refractivity contribution in [2.24, 2.45) is 11.8 Å². The zero-order chi connectivity index (χ0) is 15.5. The first kappa shape index (κ1) is 14.3. The number of ether oxygens (including phenoxy) is 1. The van der Waals surface area contributed by atoms with Crippen molar-refractivity contribution >= 4 is 5.97 Å². The third kappa shape index (κ3) is 1.75. The molecule has 0 spiro atoms. The van der Waals surface area contributed by atoms with E-state index in [4.69, 9.17) is 4.74 Å². The van der Waals surface area contributed by atoms with Gasteiger partial charge in [-0.05, 0) is 63.1 Å². The molecule has 1 aromatic rings. The van der Waals surface area contributed by atoms with Crippen molar-refractivity contribution in [2.75, 3.05) is 13.7 Å². The third-order valence-corrected chi connectivity index (χ3v) is 6.66. The Hall–Kier alpha value is -1.35. The first-order valence-electron chi connectivity index (χ1n) is 8.53. The maximum absolute atomic E-state index is 12.5. The molecule has 3 fully saturated rings. The number of fused-ring (bicyclic) bond motifs is 2. The molecule has 1 aromatic carbocycles. The molecule has 2 aliphatic heterocycles. The van der Waals surface area contributed by atoms with Crippen molar-refractivity contribution < 1.29 is 9.53 Å². The molecule has 3 nitrogen and oxygen atoms in total. The van der Waals surface area contributed by atoms with Crippen LogP contribution in [0.5, 0.6) is 0 Å². The van der Waals surface area contributed by atoms with Gasteiger partial charge in [0.1, 0.15) is 0 Å². The number of esters is 1. The van der Waals surface area contributed by atoms with Crippen LogP contribution in [0.15, 0.2) is 24.3 Å². The molecular weight excluding hydrogens is 274 g/mol. The Morgan fingerprint density at radius 2 is 2.18 bits per heavy atom. The molecule has 0 aromatic heterocycles. The lowest BCUT2D eigenvalue weighted by Crippen LogP contribution is -2.69. The van der Waals surface area contributed by atoms with E-state index in [-0.39, 0.29) is 17.4 Å². The highest BCUT2D eigenvalue weighted by molar-refractivity contribution is 5.75. The molecule has 0 amide bonds. The zero-order valence-corrected chi connectivity index (χ0v) is 13.7. The van der Waals surface area contributed by atoms with Crippen LogP contribution in [0.2, 0.25) is 0 Å². The summed E-state index contributed by atoms with van der Waals surface area (Å²) in [5.41, 5.74) is 2.98. The van der Waals surface area contributed by atoms with Crippen LogP contribution in [0.1, 0.15) is 43.7 Å². The normalized spacial score (nSPS) is 39.4. The van der Waals surface area contributed by atoms with Crippen molar-refractivity contribution in [1.29, 1.82) is 0 Å². The largest absolute Gasteiger partial charge is 0.466 e. The van der Waals surface area contributed by atoms with Gasteiger partial charge in [0.05, 0.1) is 12.5 Å². The van der Waals surface area contributed by atoms with Gasteiger partial charge < -0.3 is 4.74 Å². The summed E-state index contributed by atoms with van der Waals surface area (Å²) in [7, 11) is 2.22. The second-order valence-electron chi connectivity index (χ2n) is 7.45. The van der Waals surface area contributed by atoms with Gasteiger partial charge in [-0.2, -0.15) is 0 Å². The topological polar surface area (TPSA) is 29.5 Å². The molecule has 3 unspecified atom stereocenters. The summed E-state index contributed by atoms with van der Waals surface area (Å²) in [6.07, 6.45) is 3.19. The predicted molar refractivity (Wildman–Crippen MR) is 85.7 cm³/mol. The van der Waals surface area contributed by atoms with Gasteiger partial charge in [0.2, 0.25) is 0 Å². The van der Waals surface area contributed by atoms with Crippen LogP contribution in [0.25, 0.3) is 0 Å². The maximum atomic E-state index is 12.5. The average Bonchev–Trinajstić information content (AvgIpc) is 2.51. The fourth-order valence-electron chi connectivity index (χ4n) is 5.44. The molecule has 0 N–H and O–H groups in total. The Kier molecular flexibility index (Phi) is 3.12. The molecule has 0 radical (unpaired) electrons. The van der Waals surface area contributed by atoms with Gasteiger partial charge >= 0.3 is 5.97 Å². The molecule has 118 valence electrons. The molecule has 2 aliphatic carbocycles. The first-order valence-corrected chi connectivity index (χ1v) is 8.53. The fraction of sp³-hybridized carbons (Fsp3) is 0.632. The van der Waals surface area contributed by atoms with Crippen LogP contribution in [0, 0.1) is 11.8 Å². The molecule has 1 saturated carbocycles. The minimum absolute atomic E-state index is 0.00705. The number of benzene rings is 1. The minimum Gasteiger partial charge on any atom is -0.466 e. The molecule has 3 heteroatoms. The van der Waals surface area contributed by atoms with Gasteiger partial charge in [-0.15, -0.1) is 0 Å². The summed E-state index contributed by atoms with van der Waals surface area (Å²) in [6.45, 7) is 4.66. The Morgan fingerprint density at radius 3 is 2.95 bits per heavy atom. The highest BCUT2D eigenvalue weighted by Crippen LogP contribution is 2.58. The second-order valence-corrected chi connectivity index (χ2v) is 7.45. The van der Waals surface area contributed by atoms with Crippen molar-refractivity contribution in [3.63, 3.8) is 0 Å². The molecule has 4 aliphatic rings. The van der Waals surface area contributed by atoms with E-state index in [0.717, 1.165) is 19.3 Å². The quantitative estimate of drug-likeness (QED) is 0.786. The van der Waals surface area contributed by atoms with Crippen molar-refractivity contribution in [3.05, 3.63) is 35.4 Å². The number of carbonyl (C=O) groups is 1. The lowest BCUT2D eigenvalue weighted by molar-refractivity contribution is -0.172. The molecule has 2 heterocycles. The third-order valence-electron chi connectivity index (χ3n) is 6.66. The Bertz CT molecular complexity index is 613. The van der Waals surface area contributed by atoms with Gasteiger partial charge in [0.25, 0.3) is 0 Å². The van der Waals surface area contributed by atoms with Gasteiger partial charge in [-0.25, -0.2) is 0 Å². The smallest absolute Gasteiger partial charge is 0.310 e. The summed E-state index contributed by atoms with van der Waals surface area (Å²) >= 11 is 0. The number of nitrogens with zero attached hydrogens (tertiary/aromatic N) is 1. The number of rotatable bonds is 2. The average molecular weight is 299 g/mol. The van der Waals surface area contributed by atoms with Crippen molar-refractivity contribution in [1.82, 2.24) is 4.90 Å². The standard InChI is InChI=1S/C19H25NO2/c1-4-22-18(21)16-10-14-15-11-19(16,2)20(3)17(14)9-12-7-5-6-8-13(12)15/h5-8,14-17H,4,9-11H2,1-3H3/t14-,15-,16?,17?,19?/m1/s1. The summed E-state index contributed by atoms with van der Waals surface area (Å²) < 4.78 is 5.37. The monoisotopic (exact) mass is 299 g/mol. The molecule has 22 heavy (non-hydrogen) atoms. The predicted octanol–water partition coefficient (Wildman–Crippen LogP) is 2.99. The second kappa shape index (κ2) is 4.82. The van der Waals surface area contributed by atoms with E-state index >= 15 is 0 Å². The molecule has 4 bridgehead atoms. The van der Waals surface area contributed by atoms with Crippen LogP contribution >= 0.6 is 0 Å².